The molecule has 33 heavy (non-hydrogen) atoms. The summed E-state index contributed by atoms with van der Waals surface area (Å²) in [5.41, 5.74) is 1.34. The molecule has 1 N–H and O–H groups in total. The summed E-state index contributed by atoms with van der Waals surface area (Å²) in [4.78, 5) is 21.6. The summed E-state index contributed by atoms with van der Waals surface area (Å²) in [5, 5.41) is 10.7. The zero-order valence-corrected chi connectivity index (χ0v) is 17.4. The van der Waals surface area contributed by atoms with E-state index in [4.69, 9.17) is 0 Å². The molecule has 2 fully saturated rings. The van der Waals surface area contributed by atoms with Gasteiger partial charge in [-0.05, 0) is 43.9 Å². The van der Waals surface area contributed by atoms with Crippen molar-refractivity contribution in [3.05, 3.63) is 72.1 Å². The number of pyridine rings is 1. The van der Waals surface area contributed by atoms with E-state index in [-0.39, 0.29) is 5.82 Å². The first kappa shape index (κ1) is 19.7. The number of hydrogen-bond donors (Lipinski definition) is 1. The first-order valence-electron chi connectivity index (χ1n) is 10.8. The lowest BCUT2D eigenvalue weighted by Crippen LogP contribution is -2.16. The molecule has 2 aliphatic carbocycles. The monoisotopic (exact) mass is 447 g/mol. The van der Waals surface area contributed by atoms with Gasteiger partial charge in [0.15, 0.2) is 17.5 Å². The van der Waals surface area contributed by atoms with E-state index in [0.717, 1.165) is 37.4 Å². The van der Waals surface area contributed by atoms with Crippen molar-refractivity contribution in [2.75, 3.05) is 5.32 Å². The largest absolute Gasteiger partial charge is 0.309 e. The molecule has 1 aromatic carbocycles. The molecular formula is C23H19F2N7O. The van der Waals surface area contributed by atoms with Gasteiger partial charge in [0.2, 0.25) is 0 Å². The normalized spacial score (nSPS) is 15.6. The minimum atomic E-state index is -1.22. The Morgan fingerprint density at radius 1 is 1.09 bits per heavy atom. The van der Waals surface area contributed by atoms with Crippen LogP contribution in [-0.2, 0) is 0 Å². The van der Waals surface area contributed by atoms with Gasteiger partial charge in [-0.1, -0.05) is 6.07 Å². The van der Waals surface area contributed by atoms with Crippen LogP contribution >= 0.6 is 0 Å². The molecule has 0 bridgehead atoms. The Hall–Kier alpha value is -3.95. The quantitative estimate of drug-likeness (QED) is 0.477. The van der Waals surface area contributed by atoms with Gasteiger partial charge < -0.3 is 14.5 Å². The first-order chi connectivity index (χ1) is 16.1. The fourth-order valence-corrected chi connectivity index (χ4v) is 3.82. The molecule has 0 saturated heterocycles. The summed E-state index contributed by atoms with van der Waals surface area (Å²) in [5.74, 6) is -1.92. The van der Waals surface area contributed by atoms with E-state index >= 15 is 0 Å². The zero-order valence-electron chi connectivity index (χ0n) is 17.4. The maximum absolute atomic E-state index is 14.5. The highest BCUT2D eigenvalue weighted by atomic mass is 19.2. The first-order valence-corrected chi connectivity index (χ1v) is 10.8. The van der Waals surface area contributed by atoms with E-state index in [1.165, 1.54) is 6.07 Å². The van der Waals surface area contributed by atoms with Crippen LogP contribution < -0.4 is 5.32 Å². The number of benzene rings is 1. The van der Waals surface area contributed by atoms with Crippen LogP contribution in [0, 0.1) is 11.6 Å². The predicted molar refractivity (Wildman–Crippen MR) is 115 cm³/mol. The fourth-order valence-electron chi connectivity index (χ4n) is 3.82. The molecule has 2 aliphatic rings. The second-order valence-corrected chi connectivity index (χ2v) is 8.42. The molecule has 2 saturated carbocycles. The summed E-state index contributed by atoms with van der Waals surface area (Å²) in [6.07, 6.45) is 9.25. The van der Waals surface area contributed by atoms with Gasteiger partial charge in [0, 0.05) is 24.2 Å². The van der Waals surface area contributed by atoms with E-state index < -0.39 is 23.1 Å². The molecular weight excluding hydrogens is 428 g/mol. The minimum absolute atomic E-state index is 0.201. The van der Waals surface area contributed by atoms with Crippen LogP contribution in [0.2, 0.25) is 0 Å². The van der Waals surface area contributed by atoms with Crippen molar-refractivity contribution in [2.24, 2.45) is 0 Å². The lowest BCUT2D eigenvalue weighted by atomic mass is 10.1. The second kappa shape index (κ2) is 7.58. The number of nitrogens with zero attached hydrogens (tertiary/aromatic N) is 6. The number of carbonyl (C=O) groups excluding carboxylic acids is 1. The standard InChI is InChI=1S/C23H19F2N7O/c24-17-9-15(31-10-19(26-11-31)13-4-5-13)8-16(21(17)25)23(33)29-20-3-1-2-18(28-20)22-30-27-12-32(22)14-6-7-14/h1-3,8-14H,4-7H2,(H,28,29,33). The molecule has 6 rings (SSSR count). The topological polar surface area (TPSA) is 90.5 Å². The van der Waals surface area contributed by atoms with Gasteiger partial charge in [0.05, 0.1) is 23.3 Å². The third kappa shape index (κ3) is 3.77. The number of aromatic nitrogens is 6. The summed E-state index contributed by atoms with van der Waals surface area (Å²) in [6, 6.07) is 7.76. The highest BCUT2D eigenvalue weighted by Gasteiger charge is 2.28. The summed E-state index contributed by atoms with van der Waals surface area (Å²) in [6.45, 7) is 0. The van der Waals surface area contributed by atoms with E-state index in [1.54, 1.807) is 41.6 Å². The highest BCUT2D eigenvalue weighted by molar-refractivity contribution is 6.04. The van der Waals surface area contributed by atoms with E-state index in [0.29, 0.717) is 29.2 Å². The van der Waals surface area contributed by atoms with Crippen LogP contribution in [0.3, 0.4) is 0 Å². The minimum Gasteiger partial charge on any atom is -0.309 e. The van der Waals surface area contributed by atoms with Gasteiger partial charge in [-0.2, -0.15) is 0 Å². The third-order valence-corrected chi connectivity index (χ3v) is 5.89. The molecule has 0 spiro atoms. The van der Waals surface area contributed by atoms with Crippen molar-refractivity contribution in [2.45, 2.75) is 37.6 Å². The lowest BCUT2D eigenvalue weighted by molar-refractivity contribution is 0.102. The number of anilines is 1. The molecule has 0 atom stereocenters. The van der Waals surface area contributed by atoms with Gasteiger partial charge in [0.1, 0.15) is 17.8 Å². The summed E-state index contributed by atoms with van der Waals surface area (Å²) >= 11 is 0. The lowest BCUT2D eigenvalue weighted by Gasteiger charge is -2.10. The van der Waals surface area contributed by atoms with Crippen LogP contribution in [-0.4, -0.2) is 35.2 Å². The SMILES string of the molecule is O=C(Nc1cccc(-c2nncn2C2CC2)n1)c1cc(-n2cnc(C3CC3)c2)cc(F)c1F. The van der Waals surface area contributed by atoms with Crippen LogP contribution in [0.15, 0.2) is 49.2 Å². The Labute approximate surface area is 187 Å². The van der Waals surface area contributed by atoms with Crippen LogP contribution in [0.1, 0.15) is 53.7 Å². The third-order valence-electron chi connectivity index (χ3n) is 5.89. The van der Waals surface area contributed by atoms with Crippen molar-refractivity contribution in [3.8, 4) is 17.2 Å². The molecule has 0 aliphatic heterocycles. The molecule has 3 heterocycles. The van der Waals surface area contributed by atoms with Crippen LogP contribution in [0.25, 0.3) is 17.2 Å². The van der Waals surface area contributed by atoms with Crippen molar-refractivity contribution in [1.82, 2.24) is 29.3 Å². The van der Waals surface area contributed by atoms with Gasteiger partial charge in [0.25, 0.3) is 5.91 Å². The Balaban J connectivity index is 1.28. The van der Waals surface area contributed by atoms with Gasteiger partial charge in [-0.25, -0.2) is 18.7 Å². The average molecular weight is 447 g/mol. The van der Waals surface area contributed by atoms with Crippen molar-refractivity contribution < 1.29 is 13.6 Å². The van der Waals surface area contributed by atoms with Gasteiger partial charge in [-0.3, -0.25) is 4.79 Å². The number of rotatable bonds is 6. The smallest absolute Gasteiger partial charge is 0.259 e. The van der Waals surface area contributed by atoms with E-state index in [2.05, 4.69) is 25.5 Å². The van der Waals surface area contributed by atoms with Gasteiger partial charge >= 0.3 is 0 Å². The molecule has 1 amide bonds. The Morgan fingerprint density at radius 3 is 2.73 bits per heavy atom. The van der Waals surface area contributed by atoms with Crippen molar-refractivity contribution >= 4 is 11.7 Å². The molecule has 3 aromatic heterocycles. The molecule has 0 radical (unpaired) electrons. The van der Waals surface area contributed by atoms with E-state index in [1.807, 2.05) is 4.57 Å². The number of nitrogens with one attached hydrogen (secondary N) is 1. The number of halogens is 2. The number of imidazole rings is 1. The Kier molecular flexibility index (Phi) is 4.53. The highest BCUT2D eigenvalue weighted by Crippen LogP contribution is 2.39. The molecule has 0 unspecified atom stereocenters. The van der Waals surface area contributed by atoms with E-state index in [9.17, 15) is 13.6 Å². The van der Waals surface area contributed by atoms with Crippen molar-refractivity contribution in [1.29, 1.82) is 0 Å². The number of amides is 1. The van der Waals surface area contributed by atoms with Crippen LogP contribution in [0.5, 0.6) is 0 Å². The predicted octanol–water partition coefficient (Wildman–Crippen LogP) is 4.27. The maximum atomic E-state index is 14.5. The Bertz CT molecular complexity index is 1370. The second-order valence-electron chi connectivity index (χ2n) is 8.42. The fraction of sp³-hybridized carbons (Fsp3) is 0.261. The van der Waals surface area contributed by atoms with Crippen molar-refractivity contribution in [3.63, 3.8) is 0 Å². The average Bonchev–Trinajstić information content (AvgIpc) is 3.75. The summed E-state index contributed by atoms with van der Waals surface area (Å²) < 4.78 is 32.4. The number of carbonyl (C=O) groups is 1. The molecule has 8 nitrogen and oxygen atoms in total. The molecule has 166 valence electrons. The Morgan fingerprint density at radius 2 is 1.94 bits per heavy atom. The molecule has 4 aromatic rings. The summed E-state index contributed by atoms with van der Waals surface area (Å²) in [7, 11) is 0. The number of hydrogen-bond acceptors (Lipinski definition) is 5. The zero-order chi connectivity index (χ0) is 22.5. The van der Waals surface area contributed by atoms with Gasteiger partial charge in [-0.15, -0.1) is 10.2 Å². The molecule has 10 heteroatoms. The van der Waals surface area contributed by atoms with Crippen LogP contribution in [0.4, 0.5) is 14.6 Å². The maximum Gasteiger partial charge on any atom is 0.259 e.